The monoisotopic (exact) mass is 477 g/mol. The number of Topliss-reactive ketones (excluding diaryl/α,β-unsaturated/α-hetero) is 1. The summed E-state index contributed by atoms with van der Waals surface area (Å²) in [6, 6.07) is 0.124. The predicted molar refractivity (Wildman–Crippen MR) is 125 cm³/mol. The molecule has 0 spiro atoms. The molecule has 0 amide bonds. The van der Waals surface area contributed by atoms with Crippen LogP contribution in [0.15, 0.2) is 0 Å². The van der Waals surface area contributed by atoms with Gasteiger partial charge in [-0.1, -0.05) is 13.8 Å². The van der Waals surface area contributed by atoms with Crippen LogP contribution < -0.4 is 0 Å². The van der Waals surface area contributed by atoms with Gasteiger partial charge in [0.25, 0.3) is 0 Å². The van der Waals surface area contributed by atoms with Crippen molar-refractivity contribution in [2.75, 3.05) is 46.1 Å². The Hall–Kier alpha value is -0.570. The molecule has 2 N–H and O–H groups in total. The van der Waals surface area contributed by atoms with Crippen LogP contribution in [-0.2, 0) is 19.0 Å². The van der Waals surface area contributed by atoms with E-state index in [2.05, 4.69) is 18.7 Å². The lowest BCUT2D eigenvalue weighted by atomic mass is 9.43. The molecule has 9 atom stereocenters. The van der Waals surface area contributed by atoms with Gasteiger partial charge < -0.3 is 24.4 Å². The van der Waals surface area contributed by atoms with Crippen LogP contribution in [0.3, 0.4) is 0 Å². The quantitative estimate of drug-likeness (QED) is 0.644. The lowest BCUT2D eigenvalue weighted by molar-refractivity contribution is -0.244. The van der Waals surface area contributed by atoms with E-state index >= 15 is 0 Å². The van der Waals surface area contributed by atoms with E-state index in [9.17, 15) is 15.0 Å². The number of ether oxygens (including phenoxy) is 3. The summed E-state index contributed by atoms with van der Waals surface area (Å²) in [7, 11) is 0. The first-order valence-electron chi connectivity index (χ1n) is 13.7. The molecule has 4 aliphatic carbocycles. The Balaban J connectivity index is 1.29. The minimum Gasteiger partial charge on any atom is -0.391 e. The van der Waals surface area contributed by atoms with Crippen LogP contribution in [-0.4, -0.2) is 85.0 Å². The second-order valence-electron chi connectivity index (χ2n) is 12.7. The van der Waals surface area contributed by atoms with Gasteiger partial charge in [0.2, 0.25) is 0 Å². The van der Waals surface area contributed by atoms with Gasteiger partial charge in [0.1, 0.15) is 5.78 Å². The molecule has 6 fully saturated rings. The normalized spacial score (nSPS) is 51.1. The van der Waals surface area contributed by atoms with Gasteiger partial charge in [0.15, 0.2) is 5.79 Å². The van der Waals surface area contributed by atoms with Gasteiger partial charge >= 0.3 is 0 Å². The molecule has 6 rings (SSSR count). The van der Waals surface area contributed by atoms with Crippen molar-refractivity contribution in [3.05, 3.63) is 0 Å². The third-order valence-corrected chi connectivity index (χ3v) is 11.4. The van der Waals surface area contributed by atoms with Crippen molar-refractivity contribution in [3.8, 4) is 0 Å². The Labute approximate surface area is 203 Å². The highest BCUT2D eigenvalue weighted by Crippen LogP contribution is 2.68. The summed E-state index contributed by atoms with van der Waals surface area (Å²) in [4.78, 5) is 16.5. The molecule has 7 heteroatoms. The van der Waals surface area contributed by atoms with Crippen molar-refractivity contribution >= 4 is 5.78 Å². The van der Waals surface area contributed by atoms with E-state index in [1.807, 2.05) is 0 Å². The van der Waals surface area contributed by atoms with Crippen LogP contribution in [0.1, 0.15) is 58.8 Å². The van der Waals surface area contributed by atoms with Crippen LogP contribution in [0.2, 0.25) is 0 Å². The maximum atomic E-state index is 14.1. The smallest absolute Gasteiger partial charge is 0.195 e. The molecule has 7 nitrogen and oxygen atoms in total. The van der Waals surface area contributed by atoms with Gasteiger partial charge in [0.05, 0.1) is 39.1 Å². The zero-order valence-corrected chi connectivity index (χ0v) is 20.9. The van der Waals surface area contributed by atoms with E-state index < -0.39 is 5.79 Å². The number of morpholine rings is 1. The topological polar surface area (TPSA) is 88.5 Å². The van der Waals surface area contributed by atoms with Crippen molar-refractivity contribution in [2.24, 2.45) is 40.4 Å². The summed E-state index contributed by atoms with van der Waals surface area (Å²) in [5, 5.41) is 21.4. The number of hydrogen-bond donors (Lipinski definition) is 2. The van der Waals surface area contributed by atoms with Crippen LogP contribution >= 0.6 is 0 Å². The van der Waals surface area contributed by atoms with Gasteiger partial charge in [-0.2, -0.15) is 0 Å². The first-order valence-corrected chi connectivity index (χ1v) is 13.7. The standard InChI is InChI=1S/C27H43NO6/c1-25-14-20(28-7-9-32-10-8-28)21(30)13-17(25)3-4-18-19-5-6-23(27(16-29)33-11-12-34-27)26(19,2)15-22(31)24(18)25/h17-21,23-24,29-30H,3-16H2,1-2H3/t17-,18-,19-,20-,21-,23-,24+,25-,26-/m0/s1. The van der Waals surface area contributed by atoms with Crippen LogP contribution in [0.4, 0.5) is 0 Å². The number of aliphatic hydroxyl groups is 2. The summed E-state index contributed by atoms with van der Waals surface area (Å²) in [5.74, 6) is 0.867. The number of carbonyl (C=O) groups is 1. The molecule has 2 heterocycles. The number of rotatable bonds is 3. The molecule has 0 aromatic rings. The molecule has 0 unspecified atom stereocenters. The van der Waals surface area contributed by atoms with E-state index in [0.29, 0.717) is 43.2 Å². The van der Waals surface area contributed by atoms with E-state index in [-0.39, 0.29) is 41.4 Å². The average Bonchev–Trinajstić information content (AvgIpc) is 3.44. The molecule has 0 aromatic carbocycles. The second kappa shape index (κ2) is 8.49. The van der Waals surface area contributed by atoms with Gasteiger partial charge in [-0.15, -0.1) is 0 Å². The minimum atomic E-state index is -0.936. The molecular formula is C27H43NO6. The molecule has 0 aromatic heterocycles. The van der Waals surface area contributed by atoms with Crippen molar-refractivity contribution in [2.45, 2.75) is 76.7 Å². The van der Waals surface area contributed by atoms with Crippen LogP contribution in [0.25, 0.3) is 0 Å². The van der Waals surface area contributed by atoms with Crippen LogP contribution in [0, 0.1) is 40.4 Å². The number of fused-ring (bicyclic) bond motifs is 5. The molecule has 34 heavy (non-hydrogen) atoms. The van der Waals surface area contributed by atoms with Crippen molar-refractivity contribution in [3.63, 3.8) is 0 Å². The fourth-order valence-corrected chi connectivity index (χ4v) is 9.97. The lowest BCUT2D eigenvalue weighted by Gasteiger charge is -2.62. The van der Waals surface area contributed by atoms with Crippen molar-refractivity contribution in [1.82, 2.24) is 4.90 Å². The summed E-state index contributed by atoms with van der Waals surface area (Å²) in [5.41, 5.74) is -0.247. The number of nitrogens with zero attached hydrogens (tertiary/aromatic N) is 1. The van der Waals surface area contributed by atoms with E-state index in [4.69, 9.17) is 14.2 Å². The molecule has 0 radical (unpaired) electrons. The number of ketones is 1. The second-order valence-corrected chi connectivity index (χ2v) is 12.7. The van der Waals surface area contributed by atoms with Gasteiger partial charge in [0, 0.05) is 37.4 Å². The molecule has 0 bridgehead atoms. The SMILES string of the molecule is C[C@]12C[C@H](N3CCOCC3)[C@@H](O)C[C@@H]1CC[C@H]1[C@@H]3CC[C@H](C4(CO)OCCO4)[C@@]3(C)CC(=O)[C@@H]12. The van der Waals surface area contributed by atoms with Crippen molar-refractivity contribution < 1.29 is 29.2 Å². The highest BCUT2D eigenvalue weighted by molar-refractivity contribution is 5.84. The van der Waals surface area contributed by atoms with Crippen LogP contribution in [0.5, 0.6) is 0 Å². The summed E-state index contributed by atoms with van der Waals surface area (Å²) >= 11 is 0. The summed E-state index contributed by atoms with van der Waals surface area (Å²) in [6.45, 7) is 8.75. The molecular weight excluding hydrogens is 434 g/mol. The molecule has 2 saturated heterocycles. The third kappa shape index (κ3) is 3.33. The maximum absolute atomic E-state index is 14.1. The van der Waals surface area contributed by atoms with E-state index in [1.165, 1.54) is 0 Å². The van der Waals surface area contributed by atoms with Gasteiger partial charge in [-0.05, 0) is 67.1 Å². The zero-order valence-electron chi connectivity index (χ0n) is 20.9. The molecule has 4 saturated carbocycles. The first kappa shape index (κ1) is 23.8. The highest BCUT2D eigenvalue weighted by atomic mass is 16.7. The Kier molecular flexibility index (Phi) is 5.94. The Morgan fingerprint density at radius 2 is 1.74 bits per heavy atom. The fourth-order valence-electron chi connectivity index (χ4n) is 9.97. The Bertz CT molecular complexity index is 794. The summed E-state index contributed by atoms with van der Waals surface area (Å²) < 4.78 is 17.6. The largest absolute Gasteiger partial charge is 0.391 e. The Morgan fingerprint density at radius 1 is 1.00 bits per heavy atom. The maximum Gasteiger partial charge on any atom is 0.195 e. The molecule has 6 aliphatic rings. The number of aliphatic hydroxyl groups excluding tert-OH is 2. The van der Waals surface area contributed by atoms with Gasteiger partial charge in [-0.3, -0.25) is 9.69 Å². The molecule has 192 valence electrons. The predicted octanol–water partition coefficient (Wildman–Crippen LogP) is 2.23. The zero-order chi connectivity index (χ0) is 23.7. The molecule has 2 aliphatic heterocycles. The highest BCUT2D eigenvalue weighted by Gasteiger charge is 2.67. The first-order chi connectivity index (χ1) is 16.3. The lowest BCUT2D eigenvalue weighted by Crippen LogP contribution is -2.63. The minimum absolute atomic E-state index is 0.0576. The fraction of sp³-hybridized carbons (Fsp3) is 0.963. The van der Waals surface area contributed by atoms with Crippen molar-refractivity contribution in [1.29, 1.82) is 0 Å². The number of hydrogen-bond acceptors (Lipinski definition) is 7. The number of carbonyl (C=O) groups excluding carboxylic acids is 1. The summed E-state index contributed by atoms with van der Waals surface area (Å²) in [6.07, 6.45) is 6.19. The Morgan fingerprint density at radius 3 is 2.44 bits per heavy atom. The third-order valence-electron chi connectivity index (χ3n) is 11.4. The van der Waals surface area contributed by atoms with Gasteiger partial charge in [-0.25, -0.2) is 0 Å². The average molecular weight is 478 g/mol. The van der Waals surface area contributed by atoms with E-state index in [1.54, 1.807) is 0 Å². The van der Waals surface area contributed by atoms with E-state index in [0.717, 1.165) is 64.8 Å².